The third kappa shape index (κ3) is 48.3. The molecule has 0 fully saturated rings. The molecule has 0 rings (SSSR count). The van der Waals surface area contributed by atoms with Gasteiger partial charge in [0.15, 0.2) is 0 Å². The van der Waals surface area contributed by atoms with E-state index in [0.717, 1.165) is 44.9 Å². The highest BCUT2D eigenvalue weighted by Crippen LogP contribution is 2.17. The van der Waals surface area contributed by atoms with Crippen molar-refractivity contribution in [3.05, 3.63) is 36.5 Å². The van der Waals surface area contributed by atoms with E-state index in [-0.39, 0.29) is 12.5 Å². The van der Waals surface area contributed by atoms with Crippen LogP contribution >= 0.6 is 0 Å². The van der Waals surface area contributed by atoms with Crippen LogP contribution in [0.4, 0.5) is 0 Å². The average molecular weight is 887 g/mol. The topological polar surface area (TPSA) is 89.8 Å². The molecule has 0 radical (unpaired) electrons. The predicted molar refractivity (Wildman–Crippen MR) is 278 cm³/mol. The van der Waals surface area contributed by atoms with Crippen LogP contribution in [0.25, 0.3) is 0 Å². The second kappa shape index (κ2) is 53.2. The van der Waals surface area contributed by atoms with E-state index in [1.54, 1.807) is 0 Å². The van der Waals surface area contributed by atoms with Crippen molar-refractivity contribution in [3.63, 3.8) is 0 Å². The molecule has 0 aromatic rings. The summed E-state index contributed by atoms with van der Waals surface area (Å²) in [5, 5.41) is 33.7. The first kappa shape index (κ1) is 61.6. The zero-order valence-electron chi connectivity index (χ0n) is 42.5. The van der Waals surface area contributed by atoms with Crippen LogP contribution in [-0.4, -0.2) is 46.1 Å². The second-order valence-corrected chi connectivity index (χ2v) is 19.5. The van der Waals surface area contributed by atoms with Crippen LogP contribution in [0.1, 0.15) is 303 Å². The third-order valence-electron chi connectivity index (χ3n) is 13.2. The Hall–Kier alpha value is -1.43. The number of allylic oxidation sites excluding steroid dienone is 6. The largest absolute Gasteiger partial charge is 0.394 e. The molecule has 5 nitrogen and oxygen atoms in total. The van der Waals surface area contributed by atoms with Crippen molar-refractivity contribution in [3.8, 4) is 0 Å². The third-order valence-corrected chi connectivity index (χ3v) is 13.2. The lowest BCUT2D eigenvalue weighted by molar-refractivity contribution is -0.124. The van der Waals surface area contributed by atoms with Crippen LogP contribution in [0.5, 0.6) is 0 Å². The Kier molecular flexibility index (Phi) is 52.0. The molecule has 0 saturated carbocycles. The number of amides is 1. The summed E-state index contributed by atoms with van der Waals surface area (Å²) >= 11 is 0. The molecular formula is C58H111NO4. The maximum Gasteiger partial charge on any atom is 0.220 e. The van der Waals surface area contributed by atoms with Gasteiger partial charge in [-0.2, -0.15) is 0 Å². The average Bonchev–Trinajstić information content (AvgIpc) is 3.29. The standard InChI is InChI=1S/C58H111NO4/c1-3-5-7-9-11-13-15-17-19-21-23-25-27-28-29-30-31-33-35-37-39-41-43-45-47-49-51-53-57(62)59-55(54-60)58(63)56(61)52-50-48-46-44-42-40-38-36-34-32-26-24-22-20-18-16-14-12-10-8-6-4-2/h28-29,36,38,44,46,55-56,58,60-61,63H,3-27,30-35,37,39-43,45,47-54H2,1-2H3,(H,59,62)/b29-28-,38-36+,46-44+. The zero-order valence-corrected chi connectivity index (χ0v) is 42.5. The Morgan fingerprint density at radius 3 is 0.968 bits per heavy atom. The van der Waals surface area contributed by atoms with E-state index in [9.17, 15) is 20.1 Å². The van der Waals surface area contributed by atoms with Crippen molar-refractivity contribution in [1.29, 1.82) is 0 Å². The van der Waals surface area contributed by atoms with Crippen LogP contribution in [0.2, 0.25) is 0 Å². The van der Waals surface area contributed by atoms with Gasteiger partial charge in [-0.25, -0.2) is 0 Å². The Morgan fingerprint density at radius 1 is 0.381 bits per heavy atom. The van der Waals surface area contributed by atoms with Gasteiger partial charge in [0.1, 0.15) is 6.10 Å². The van der Waals surface area contributed by atoms with Gasteiger partial charge in [0.25, 0.3) is 0 Å². The monoisotopic (exact) mass is 886 g/mol. The fourth-order valence-corrected chi connectivity index (χ4v) is 8.82. The van der Waals surface area contributed by atoms with Crippen molar-refractivity contribution in [2.24, 2.45) is 0 Å². The molecule has 0 aromatic carbocycles. The van der Waals surface area contributed by atoms with Crippen molar-refractivity contribution < 1.29 is 20.1 Å². The minimum Gasteiger partial charge on any atom is -0.394 e. The van der Waals surface area contributed by atoms with Crippen LogP contribution < -0.4 is 5.32 Å². The molecule has 0 heterocycles. The lowest BCUT2D eigenvalue weighted by atomic mass is 10.0. The van der Waals surface area contributed by atoms with Crippen molar-refractivity contribution in [1.82, 2.24) is 5.32 Å². The number of hydrogen-bond donors (Lipinski definition) is 4. The smallest absolute Gasteiger partial charge is 0.220 e. The lowest BCUT2D eigenvalue weighted by Crippen LogP contribution is -2.50. The summed E-state index contributed by atoms with van der Waals surface area (Å²) in [6.45, 7) is 4.20. The molecule has 0 bridgehead atoms. The van der Waals surface area contributed by atoms with Crippen LogP contribution in [0.3, 0.4) is 0 Å². The van der Waals surface area contributed by atoms with Gasteiger partial charge in [0.2, 0.25) is 5.91 Å². The molecule has 0 aliphatic rings. The molecule has 63 heavy (non-hydrogen) atoms. The lowest BCUT2D eigenvalue weighted by Gasteiger charge is -2.26. The van der Waals surface area contributed by atoms with Gasteiger partial charge in [0.05, 0.1) is 18.8 Å². The molecule has 1 amide bonds. The Bertz CT molecular complexity index is 978. The zero-order chi connectivity index (χ0) is 45.8. The molecule has 0 spiro atoms. The first-order valence-corrected chi connectivity index (χ1v) is 28.3. The summed E-state index contributed by atoms with van der Waals surface area (Å²) in [5.41, 5.74) is 0. The van der Waals surface area contributed by atoms with Crippen LogP contribution in [0.15, 0.2) is 36.5 Å². The van der Waals surface area contributed by atoms with Gasteiger partial charge in [-0.1, -0.05) is 256 Å². The molecule has 372 valence electrons. The Balaban J connectivity index is 3.59. The van der Waals surface area contributed by atoms with Gasteiger partial charge in [-0.05, 0) is 77.0 Å². The van der Waals surface area contributed by atoms with Crippen LogP contribution in [-0.2, 0) is 4.79 Å². The minimum atomic E-state index is -1.17. The van der Waals surface area contributed by atoms with E-state index in [1.807, 2.05) is 0 Å². The van der Waals surface area contributed by atoms with Gasteiger partial charge >= 0.3 is 0 Å². The fraction of sp³-hybridized carbons (Fsp3) is 0.879. The Morgan fingerprint density at radius 2 is 0.651 bits per heavy atom. The highest BCUT2D eigenvalue weighted by Gasteiger charge is 2.26. The van der Waals surface area contributed by atoms with E-state index in [1.165, 1.54) is 231 Å². The summed E-state index contributed by atoms with van der Waals surface area (Å²) in [7, 11) is 0. The normalized spacial score (nSPS) is 13.5. The molecule has 0 aliphatic carbocycles. The molecule has 0 aromatic heterocycles. The number of nitrogens with one attached hydrogen (secondary N) is 1. The highest BCUT2D eigenvalue weighted by molar-refractivity contribution is 5.76. The molecule has 3 atom stereocenters. The van der Waals surface area contributed by atoms with Crippen molar-refractivity contribution in [2.75, 3.05) is 6.61 Å². The molecule has 0 saturated heterocycles. The molecule has 0 aliphatic heterocycles. The molecule has 3 unspecified atom stereocenters. The highest BCUT2D eigenvalue weighted by atomic mass is 16.3. The van der Waals surface area contributed by atoms with Gasteiger partial charge in [-0.15, -0.1) is 0 Å². The number of aliphatic hydroxyl groups excluding tert-OH is 3. The van der Waals surface area contributed by atoms with Gasteiger partial charge in [-0.3, -0.25) is 4.79 Å². The quantitative estimate of drug-likeness (QED) is 0.0362. The maximum atomic E-state index is 12.5. The van der Waals surface area contributed by atoms with Gasteiger partial charge < -0.3 is 20.6 Å². The van der Waals surface area contributed by atoms with Crippen molar-refractivity contribution >= 4 is 5.91 Å². The maximum absolute atomic E-state index is 12.5. The van der Waals surface area contributed by atoms with Crippen molar-refractivity contribution in [2.45, 2.75) is 321 Å². The molecule has 4 N–H and O–H groups in total. The number of rotatable bonds is 52. The second-order valence-electron chi connectivity index (χ2n) is 19.5. The summed E-state index contributed by atoms with van der Waals surface area (Å²) in [6, 6.07) is -0.833. The first-order valence-electron chi connectivity index (χ1n) is 28.3. The molecular weight excluding hydrogens is 775 g/mol. The Labute approximate surface area is 394 Å². The predicted octanol–water partition coefficient (Wildman–Crippen LogP) is 17.4. The van der Waals surface area contributed by atoms with E-state index in [2.05, 4.69) is 55.6 Å². The van der Waals surface area contributed by atoms with E-state index < -0.39 is 18.2 Å². The van der Waals surface area contributed by atoms with E-state index >= 15 is 0 Å². The number of aliphatic hydroxyl groups is 3. The summed E-state index contributed by atoms with van der Waals surface area (Å²) in [5.74, 6) is -0.156. The number of unbranched alkanes of at least 4 members (excludes halogenated alkanes) is 38. The SMILES string of the molecule is CCCCCCCCCCCCCC/C=C\CCCCCCCCCCCCCC(=O)NC(CO)C(O)C(O)CCC/C=C/CC/C=C/CCCCCCCCCCCCCCC. The number of hydrogen-bond acceptors (Lipinski definition) is 4. The fourth-order valence-electron chi connectivity index (χ4n) is 8.82. The summed E-state index contributed by atoms with van der Waals surface area (Å²) < 4.78 is 0. The summed E-state index contributed by atoms with van der Waals surface area (Å²) in [6.07, 6.45) is 68.7. The first-order chi connectivity index (χ1) is 31.1. The summed E-state index contributed by atoms with van der Waals surface area (Å²) in [4.78, 5) is 12.5. The number of carbonyl (C=O) groups excluding carboxylic acids is 1. The van der Waals surface area contributed by atoms with E-state index in [4.69, 9.17) is 0 Å². The van der Waals surface area contributed by atoms with E-state index in [0.29, 0.717) is 12.8 Å². The van der Waals surface area contributed by atoms with Gasteiger partial charge in [0, 0.05) is 6.42 Å². The number of carbonyl (C=O) groups is 1. The molecule has 5 heteroatoms. The van der Waals surface area contributed by atoms with Crippen LogP contribution in [0, 0.1) is 0 Å². The minimum absolute atomic E-state index is 0.156.